The molecule has 1 saturated heterocycles. The molecule has 0 N–H and O–H groups in total. The third kappa shape index (κ3) is 2.79. The maximum Gasteiger partial charge on any atom is 0.246 e. The van der Waals surface area contributed by atoms with Gasteiger partial charge in [0.1, 0.15) is 0 Å². The van der Waals surface area contributed by atoms with E-state index in [1.54, 1.807) is 11.8 Å². The van der Waals surface area contributed by atoms with Gasteiger partial charge < -0.3 is 4.90 Å². The molecule has 0 aromatic heterocycles. The molecule has 0 aromatic rings. The lowest BCUT2D eigenvalue weighted by Crippen LogP contribution is -2.50. The van der Waals surface area contributed by atoms with Gasteiger partial charge in [-0.2, -0.15) is 4.31 Å². The van der Waals surface area contributed by atoms with Gasteiger partial charge >= 0.3 is 0 Å². The van der Waals surface area contributed by atoms with E-state index in [9.17, 15) is 13.2 Å². The Morgan fingerprint density at radius 2 is 1.87 bits per heavy atom. The molecule has 0 unspecified atom stereocenters. The van der Waals surface area contributed by atoms with Crippen molar-refractivity contribution in [1.82, 2.24) is 9.21 Å². The average Bonchev–Trinajstić information content (AvgIpc) is 2.28. The number of carbonyl (C=O) groups is 1. The highest BCUT2D eigenvalue weighted by molar-refractivity contribution is 7.89. The van der Waals surface area contributed by atoms with Gasteiger partial charge in [-0.05, 0) is 13.0 Å². The van der Waals surface area contributed by atoms with Crippen molar-refractivity contribution in [2.45, 2.75) is 6.92 Å². The van der Waals surface area contributed by atoms with Crippen LogP contribution in [0.1, 0.15) is 6.92 Å². The number of carbonyl (C=O) groups excluding carboxylic acids is 1. The van der Waals surface area contributed by atoms with E-state index in [0.717, 1.165) is 0 Å². The highest BCUT2D eigenvalue weighted by Crippen LogP contribution is 2.08. The van der Waals surface area contributed by atoms with Crippen molar-refractivity contribution in [1.29, 1.82) is 0 Å². The molecule has 0 atom stereocenters. The molecule has 1 amide bonds. The van der Waals surface area contributed by atoms with Crippen molar-refractivity contribution >= 4 is 15.9 Å². The maximum atomic E-state index is 11.5. The molecule has 1 aliphatic rings. The summed E-state index contributed by atoms with van der Waals surface area (Å²) in [6.45, 7) is 6.68. The molecule has 1 rings (SSSR count). The Morgan fingerprint density at radius 1 is 1.33 bits per heavy atom. The SMILES string of the molecule is C=CC(=O)N1CCN(S(=O)(=O)CC)CC1. The Balaban J connectivity index is 2.57. The van der Waals surface area contributed by atoms with Crippen LogP contribution < -0.4 is 0 Å². The highest BCUT2D eigenvalue weighted by Gasteiger charge is 2.26. The number of hydrogen-bond donors (Lipinski definition) is 0. The van der Waals surface area contributed by atoms with E-state index >= 15 is 0 Å². The predicted molar refractivity (Wildman–Crippen MR) is 57.8 cm³/mol. The first kappa shape index (κ1) is 12.2. The Kier molecular flexibility index (Phi) is 3.87. The number of amides is 1. The van der Waals surface area contributed by atoms with Gasteiger partial charge in [0.05, 0.1) is 5.75 Å². The van der Waals surface area contributed by atoms with Crippen LogP contribution in [0.2, 0.25) is 0 Å². The summed E-state index contributed by atoms with van der Waals surface area (Å²) in [4.78, 5) is 12.8. The monoisotopic (exact) mass is 232 g/mol. The molecule has 5 nitrogen and oxygen atoms in total. The fourth-order valence-electron chi connectivity index (χ4n) is 1.50. The van der Waals surface area contributed by atoms with Crippen LogP contribution in [0.5, 0.6) is 0 Å². The third-order valence-electron chi connectivity index (χ3n) is 2.48. The van der Waals surface area contributed by atoms with Crippen molar-refractivity contribution in [3.8, 4) is 0 Å². The summed E-state index contributed by atoms with van der Waals surface area (Å²) in [7, 11) is -3.11. The summed E-state index contributed by atoms with van der Waals surface area (Å²) in [5.74, 6) is -0.0221. The van der Waals surface area contributed by atoms with Crippen molar-refractivity contribution in [3.05, 3.63) is 12.7 Å². The summed E-state index contributed by atoms with van der Waals surface area (Å²) >= 11 is 0. The van der Waals surface area contributed by atoms with E-state index in [0.29, 0.717) is 26.2 Å². The number of sulfonamides is 1. The van der Waals surface area contributed by atoms with Crippen molar-refractivity contribution in [2.24, 2.45) is 0 Å². The minimum atomic E-state index is -3.11. The fourth-order valence-corrected chi connectivity index (χ4v) is 2.58. The van der Waals surface area contributed by atoms with Gasteiger partial charge in [0.15, 0.2) is 0 Å². The molecule has 0 radical (unpaired) electrons. The van der Waals surface area contributed by atoms with Crippen molar-refractivity contribution in [3.63, 3.8) is 0 Å². The molecule has 1 heterocycles. The van der Waals surface area contributed by atoms with E-state index in [1.165, 1.54) is 10.4 Å². The zero-order chi connectivity index (χ0) is 11.5. The van der Waals surface area contributed by atoms with Crippen LogP contribution in [-0.2, 0) is 14.8 Å². The average molecular weight is 232 g/mol. The molecule has 15 heavy (non-hydrogen) atoms. The second kappa shape index (κ2) is 4.76. The lowest BCUT2D eigenvalue weighted by Gasteiger charge is -2.33. The molecule has 1 fully saturated rings. The van der Waals surface area contributed by atoms with Crippen molar-refractivity contribution < 1.29 is 13.2 Å². The molecule has 0 bridgehead atoms. The van der Waals surface area contributed by atoms with E-state index in [1.807, 2.05) is 0 Å². The molecule has 0 spiro atoms. The van der Waals surface area contributed by atoms with Crippen LogP contribution in [0.25, 0.3) is 0 Å². The first-order valence-electron chi connectivity index (χ1n) is 4.90. The summed E-state index contributed by atoms with van der Waals surface area (Å²) < 4.78 is 24.4. The van der Waals surface area contributed by atoms with Gasteiger partial charge in [-0.15, -0.1) is 0 Å². The number of nitrogens with zero attached hydrogens (tertiary/aromatic N) is 2. The molecule has 86 valence electrons. The number of hydrogen-bond acceptors (Lipinski definition) is 3. The molecule has 0 aliphatic carbocycles. The second-order valence-corrected chi connectivity index (χ2v) is 5.59. The first-order chi connectivity index (χ1) is 7.01. The normalized spacial score (nSPS) is 18.9. The van der Waals surface area contributed by atoms with E-state index in [-0.39, 0.29) is 11.7 Å². The molecule has 0 aromatic carbocycles. The summed E-state index contributed by atoms with van der Waals surface area (Å²) in [5, 5.41) is 0. The Morgan fingerprint density at radius 3 is 2.27 bits per heavy atom. The van der Waals surface area contributed by atoms with Crippen molar-refractivity contribution in [2.75, 3.05) is 31.9 Å². The molecule has 1 aliphatic heterocycles. The number of rotatable bonds is 3. The zero-order valence-corrected chi connectivity index (χ0v) is 9.66. The topological polar surface area (TPSA) is 57.7 Å². The Labute approximate surface area is 90.4 Å². The van der Waals surface area contributed by atoms with Crippen LogP contribution in [0.15, 0.2) is 12.7 Å². The minimum Gasteiger partial charge on any atom is -0.337 e. The Bertz CT molecular complexity index is 342. The largest absolute Gasteiger partial charge is 0.337 e. The fraction of sp³-hybridized carbons (Fsp3) is 0.667. The summed E-state index contributed by atoms with van der Waals surface area (Å²) in [5.41, 5.74) is 0. The van der Waals surface area contributed by atoms with E-state index in [4.69, 9.17) is 0 Å². The van der Waals surface area contributed by atoms with Gasteiger partial charge in [-0.25, -0.2) is 8.42 Å². The van der Waals surface area contributed by atoms with Gasteiger partial charge in [0, 0.05) is 26.2 Å². The summed E-state index contributed by atoms with van der Waals surface area (Å²) in [6, 6.07) is 0. The molecular formula is C9H16N2O3S. The molecular weight excluding hydrogens is 216 g/mol. The van der Waals surface area contributed by atoms with Crippen LogP contribution in [0, 0.1) is 0 Å². The van der Waals surface area contributed by atoms with Crippen LogP contribution in [-0.4, -0.2) is 55.5 Å². The number of piperazine rings is 1. The van der Waals surface area contributed by atoms with E-state index < -0.39 is 10.0 Å². The molecule has 0 saturated carbocycles. The standard InChI is InChI=1S/C9H16N2O3S/c1-3-9(12)10-5-7-11(8-6-10)15(13,14)4-2/h3H,1,4-8H2,2H3. The highest BCUT2D eigenvalue weighted by atomic mass is 32.2. The lowest BCUT2D eigenvalue weighted by atomic mass is 10.3. The van der Waals surface area contributed by atoms with Crippen LogP contribution in [0.3, 0.4) is 0 Å². The zero-order valence-electron chi connectivity index (χ0n) is 8.85. The van der Waals surface area contributed by atoms with Gasteiger partial charge in [-0.3, -0.25) is 4.79 Å². The van der Waals surface area contributed by atoms with Gasteiger partial charge in [-0.1, -0.05) is 6.58 Å². The van der Waals surface area contributed by atoms with E-state index in [2.05, 4.69) is 6.58 Å². The lowest BCUT2D eigenvalue weighted by molar-refractivity contribution is -0.127. The smallest absolute Gasteiger partial charge is 0.246 e. The Hall–Kier alpha value is -0.880. The third-order valence-corrected chi connectivity index (χ3v) is 4.36. The quantitative estimate of drug-likeness (QED) is 0.626. The van der Waals surface area contributed by atoms with Crippen LogP contribution in [0.4, 0.5) is 0 Å². The van der Waals surface area contributed by atoms with Crippen LogP contribution >= 0.6 is 0 Å². The van der Waals surface area contributed by atoms with Gasteiger partial charge in [0.25, 0.3) is 0 Å². The second-order valence-electron chi connectivity index (χ2n) is 3.33. The molecule has 6 heteroatoms. The van der Waals surface area contributed by atoms with Gasteiger partial charge in [0.2, 0.25) is 15.9 Å². The predicted octanol–water partition coefficient (Wildman–Crippen LogP) is -0.334. The minimum absolute atomic E-state index is 0.113. The summed E-state index contributed by atoms with van der Waals surface area (Å²) in [6.07, 6.45) is 1.25. The maximum absolute atomic E-state index is 11.5. The first-order valence-corrected chi connectivity index (χ1v) is 6.51.